The molecule has 1 atom stereocenters. The Morgan fingerprint density at radius 1 is 1.10 bits per heavy atom. The van der Waals surface area contributed by atoms with Crippen LogP contribution in [0, 0.1) is 13.8 Å². The van der Waals surface area contributed by atoms with Crippen molar-refractivity contribution in [1.82, 2.24) is 15.2 Å². The van der Waals surface area contributed by atoms with E-state index < -0.39 is 0 Å². The lowest BCUT2D eigenvalue weighted by atomic mass is 9.99. The number of amides is 1. The van der Waals surface area contributed by atoms with E-state index in [4.69, 9.17) is 4.74 Å². The Hall–Kier alpha value is -2.92. The number of likely N-dealkylation sites (N-methyl/N-ethyl adjacent to an activating group) is 1. The second-order valence-corrected chi connectivity index (χ2v) is 7.52. The monoisotopic (exact) mass is 391 g/mol. The van der Waals surface area contributed by atoms with Crippen LogP contribution in [0.5, 0.6) is 5.75 Å². The molecule has 5 nitrogen and oxygen atoms in total. The van der Waals surface area contributed by atoms with Gasteiger partial charge in [-0.25, -0.2) is 0 Å². The van der Waals surface area contributed by atoms with Gasteiger partial charge in [0.1, 0.15) is 5.75 Å². The summed E-state index contributed by atoms with van der Waals surface area (Å²) in [5.41, 5.74) is 5.05. The highest BCUT2D eigenvalue weighted by atomic mass is 16.5. The number of aryl methyl sites for hydroxylation is 2. The van der Waals surface area contributed by atoms with Crippen LogP contribution in [-0.2, 0) is 11.2 Å². The van der Waals surface area contributed by atoms with Crippen molar-refractivity contribution < 1.29 is 9.53 Å². The average Bonchev–Trinajstić information content (AvgIpc) is 2.71. The van der Waals surface area contributed by atoms with Gasteiger partial charge in [-0.05, 0) is 51.2 Å². The van der Waals surface area contributed by atoms with Gasteiger partial charge >= 0.3 is 0 Å². The van der Waals surface area contributed by atoms with Crippen molar-refractivity contribution in [2.75, 3.05) is 27.7 Å². The van der Waals surface area contributed by atoms with Crippen LogP contribution in [0.4, 0.5) is 0 Å². The molecule has 2 aromatic carbocycles. The van der Waals surface area contributed by atoms with Crippen LogP contribution in [0.1, 0.15) is 28.4 Å². The second kappa shape index (κ2) is 9.05. The molecule has 1 amide bonds. The molecule has 0 radical (unpaired) electrons. The van der Waals surface area contributed by atoms with Gasteiger partial charge in [0.05, 0.1) is 25.1 Å². The molecule has 3 rings (SSSR count). The Balaban J connectivity index is 1.76. The minimum atomic E-state index is -0.00460. The van der Waals surface area contributed by atoms with Crippen molar-refractivity contribution in [1.29, 1.82) is 0 Å². The lowest BCUT2D eigenvalue weighted by Crippen LogP contribution is -2.35. The summed E-state index contributed by atoms with van der Waals surface area (Å²) in [6, 6.07) is 16.0. The molecule has 1 aromatic heterocycles. The van der Waals surface area contributed by atoms with E-state index in [0.29, 0.717) is 13.0 Å². The lowest BCUT2D eigenvalue weighted by Gasteiger charge is -2.26. The minimum absolute atomic E-state index is 0.00460. The number of hydrogen-bond donors (Lipinski definition) is 1. The molecule has 0 bridgehead atoms. The predicted molar refractivity (Wildman–Crippen MR) is 117 cm³/mol. The number of nitrogens with one attached hydrogen (secondary N) is 1. The van der Waals surface area contributed by atoms with Crippen LogP contribution >= 0.6 is 0 Å². The smallest absolute Gasteiger partial charge is 0.224 e. The van der Waals surface area contributed by atoms with Crippen LogP contribution in [-0.4, -0.2) is 43.5 Å². The molecule has 1 unspecified atom stereocenters. The van der Waals surface area contributed by atoms with E-state index in [9.17, 15) is 4.79 Å². The van der Waals surface area contributed by atoms with Gasteiger partial charge in [-0.3, -0.25) is 9.78 Å². The van der Waals surface area contributed by atoms with Crippen LogP contribution in [0.2, 0.25) is 0 Å². The number of rotatable bonds is 7. The number of methoxy groups -OCH3 is 1. The van der Waals surface area contributed by atoms with Gasteiger partial charge in [0.2, 0.25) is 5.91 Å². The molecule has 0 saturated heterocycles. The van der Waals surface area contributed by atoms with Crippen LogP contribution in [0.3, 0.4) is 0 Å². The highest BCUT2D eigenvalue weighted by Crippen LogP contribution is 2.27. The summed E-state index contributed by atoms with van der Waals surface area (Å²) in [6.07, 6.45) is 0.321. The summed E-state index contributed by atoms with van der Waals surface area (Å²) in [6.45, 7) is 4.54. The molecule has 0 spiro atoms. The van der Waals surface area contributed by atoms with Crippen molar-refractivity contribution in [2.24, 2.45) is 0 Å². The topological polar surface area (TPSA) is 54.5 Å². The Morgan fingerprint density at radius 2 is 1.79 bits per heavy atom. The fourth-order valence-electron chi connectivity index (χ4n) is 3.78. The third kappa shape index (κ3) is 4.57. The zero-order valence-electron chi connectivity index (χ0n) is 17.8. The Labute approximate surface area is 172 Å². The van der Waals surface area contributed by atoms with Gasteiger partial charge in [-0.2, -0.15) is 0 Å². The zero-order valence-corrected chi connectivity index (χ0v) is 17.8. The number of fused-ring (bicyclic) bond motifs is 1. The lowest BCUT2D eigenvalue weighted by molar-refractivity contribution is -0.120. The molecule has 5 heteroatoms. The van der Waals surface area contributed by atoms with Crippen molar-refractivity contribution >= 4 is 16.8 Å². The van der Waals surface area contributed by atoms with Gasteiger partial charge < -0.3 is 15.0 Å². The molecule has 3 aromatic rings. The molecule has 0 aliphatic carbocycles. The van der Waals surface area contributed by atoms with Crippen LogP contribution in [0.25, 0.3) is 10.9 Å². The Kier molecular flexibility index (Phi) is 6.49. The SMILES string of the molecule is COc1ccccc1C(CNC(=O)Cc1c(C)nc2ccccc2c1C)N(C)C. The number of aromatic nitrogens is 1. The maximum Gasteiger partial charge on any atom is 0.224 e. The van der Waals surface area contributed by atoms with E-state index in [-0.39, 0.29) is 11.9 Å². The average molecular weight is 392 g/mol. The number of carbonyl (C=O) groups excluding carboxylic acids is 1. The molecule has 152 valence electrons. The number of hydrogen-bond acceptors (Lipinski definition) is 4. The van der Waals surface area contributed by atoms with E-state index in [2.05, 4.69) is 28.2 Å². The summed E-state index contributed by atoms with van der Waals surface area (Å²) in [7, 11) is 5.68. The van der Waals surface area contributed by atoms with Crippen molar-refractivity contribution in [3.8, 4) is 5.75 Å². The van der Waals surface area contributed by atoms with E-state index >= 15 is 0 Å². The first-order valence-electron chi connectivity index (χ1n) is 9.83. The van der Waals surface area contributed by atoms with E-state index in [1.54, 1.807) is 7.11 Å². The quantitative estimate of drug-likeness (QED) is 0.665. The third-order valence-corrected chi connectivity index (χ3v) is 5.44. The van der Waals surface area contributed by atoms with Gasteiger partial charge in [0, 0.05) is 23.2 Å². The summed E-state index contributed by atoms with van der Waals surface area (Å²) in [5, 5.41) is 4.20. The molecule has 0 aliphatic rings. The van der Waals surface area contributed by atoms with Gasteiger partial charge in [0.25, 0.3) is 0 Å². The van der Waals surface area contributed by atoms with Crippen LogP contribution in [0.15, 0.2) is 48.5 Å². The third-order valence-electron chi connectivity index (χ3n) is 5.44. The highest BCUT2D eigenvalue weighted by Gasteiger charge is 2.20. The maximum atomic E-state index is 12.8. The fourth-order valence-corrected chi connectivity index (χ4v) is 3.78. The molecule has 0 fully saturated rings. The number of ether oxygens (including phenoxy) is 1. The van der Waals surface area contributed by atoms with Crippen molar-refractivity contribution in [3.63, 3.8) is 0 Å². The number of benzene rings is 2. The minimum Gasteiger partial charge on any atom is -0.496 e. The molecular formula is C24H29N3O2. The molecule has 1 heterocycles. The Morgan fingerprint density at radius 3 is 2.52 bits per heavy atom. The summed E-state index contributed by atoms with van der Waals surface area (Å²) in [4.78, 5) is 19.5. The largest absolute Gasteiger partial charge is 0.496 e. The molecule has 29 heavy (non-hydrogen) atoms. The maximum absolute atomic E-state index is 12.8. The highest BCUT2D eigenvalue weighted by molar-refractivity contribution is 5.86. The first kappa shape index (κ1) is 20.8. The zero-order chi connectivity index (χ0) is 21.0. The van der Waals surface area contributed by atoms with E-state index in [1.807, 2.05) is 63.5 Å². The standard InChI is InChI=1S/C24H29N3O2/c1-16-18-10-6-8-12-21(18)26-17(2)20(16)14-24(28)25-15-22(27(3)4)19-11-7-9-13-23(19)29-5/h6-13,22H,14-15H2,1-5H3,(H,25,28). The number of carbonyl (C=O) groups is 1. The summed E-state index contributed by atoms with van der Waals surface area (Å²) >= 11 is 0. The molecule has 1 N–H and O–H groups in total. The first-order chi connectivity index (χ1) is 13.9. The van der Waals surface area contributed by atoms with Crippen molar-refractivity contribution in [3.05, 3.63) is 70.9 Å². The van der Waals surface area contributed by atoms with Crippen LogP contribution < -0.4 is 10.1 Å². The van der Waals surface area contributed by atoms with Crippen molar-refractivity contribution in [2.45, 2.75) is 26.3 Å². The second-order valence-electron chi connectivity index (χ2n) is 7.52. The normalized spacial score (nSPS) is 12.2. The first-order valence-corrected chi connectivity index (χ1v) is 9.83. The Bertz CT molecular complexity index is 1010. The number of para-hydroxylation sites is 2. The summed E-state index contributed by atoms with van der Waals surface area (Å²) in [5.74, 6) is 0.820. The van der Waals surface area contributed by atoms with Gasteiger partial charge in [-0.1, -0.05) is 36.4 Å². The number of nitrogens with zero attached hydrogens (tertiary/aromatic N) is 2. The molecule has 0 saturated carbocycles. The fraction of sp³-hybridized carbons (Fsp3) is 0.333. The van der Waals surface area contributed by atoms with E-state index in [0.717, 1.165) is 39.0 Å². The molecule has 0 aliphatic heterocycles. The predicted octanol–water partition coefficient (Wildman–Crippen LogP) is 3.82. The summed E-state index contributed by atoms with van der Waals surface area (Å²) < 4.78 is 5.50. The van der Waals surface area contributed by atoms with E-state index in [1.165, 1.54) is 0 Å². The number of pyridine rings is 1. The van der Waals surface area contributed by atoms with Gasteiger partial charge in [-0.15, -0.1) is 0 Å². The van der Waals surface area contributed by atoms with Gasteiger partial charge in [0.15, 0.2) is 0 Å². The molecular weight excluding hydrogens is 362 g/mol.